The van der Waals surface area contributed by atoms with Gasteiger partial charge in [-0.25, -0.2) is 0 Å². The molecule has 1 amide bonds. The lowest BCUT2D eigenvalue weighted by Gasteiger charge is -2.13. The van der Waals surface area contributed by atoms with Gasteiger partial charge in [0, 0.05) is 18.2 Å². The first-order valence-electron chi connectivity index (χ1n) is 5.83. The minimum atomic E-state index is -4.39. The zero-order valence-corrected chi connectivity index (χ0v) is 11.5. The van der Waals surface area contributed by atoms with E-state index >= 15 is 0 Å². The molecule has 6 heteroatoms. The van der Waals surface area contributed by atoms with Gasteiger partial charge in [-0.2, -0.15) is 8.42 Å². The third kappa shape index (κ3) is 3.04. The maximum Gasteiger partial charge on any atom is 0.295 e. The van der Waals surface area contributed by atoms with Crippen LogP contribution in [-0.4, -0.2) is 18.9 Å². The van der Waals surface area contributed by atoms with E-state index in [0.717, 1.165) is 0 Å². The number of amides is 1. The molecule has 0 bridgehead atoms. The van der Waals surface area contributed by atoms with Crippen molar-refractivity contribution in [3.8, 4) is 11.1 Å². The summed E-state index contributed by atoms with van der Waals surface area (Å²) in [5, 5.41) is 2.57. The molecule has 0 fully saturated rings. The molecule has 2 aromatic carbocycles. The van der Waals surface area contributed by atoms with E-state index in [-0.39, 0.29) is 16.4 Å². The van der Waals surface area contributed by atoms with Crippen LogP contribution in [0, 0.1) is 0 Å². The number of rotatable bonds is 3. The van der Waals surface area contributed by atoms with Gasteiger partial charge in [-0.3, -0.25) is 9.35 Å². The van der Waals surface area contributed by atoms with Crippen molar-refractivity contribution in [2.75, 3.05) is 5.32 Å². The highest BCUT2D eigenvalue weighted by Gasteiger charge is 2.20. The molecular formula is C14H13NO4S. The molecule has 0 aliphatic rings. The number of carbonyl (C=O) groups is 1. The molecule has 20 heavy (non-hydrogen) atoms. The summed E-state index contributed by atoms with van der Waals surface area (Å²) in [6.07, 6.45) is 0. The van der Waals surface area contributed by atoms with Crippen molar-refractivity contribution >= 4 is 21.7 Å². The van der Waals surface area contributed by atoms with Crippen LogP contribution in [0.25, 0.3) is 11.1 Å². The first-order valence-corrected chi connectivity index (χ1v) is 7.27. The summed E-state index contributed by atoms with van der Waals surface area (Å²) in [6, 6.07) is 13.0. The highest BCUT2D eigenvalue weighted by atomic mass is 32.2. The summed E-state index contributed by atoms with van der Waals surface area (Å²) in [6.45, 7) is 1.33. The first-order chi connectivity index (χ1) is 9.39. The van der Waals surface area contributed by atoms with Crippen molar-refractivity contribution in [1.82, 2.24) is 0 Å². The molecule has 2 rings (SSSR count). The van der Waals surface area contributed by atoms with Crippen molar-refractivity contribution in [2.24, 2.45) is 0 Å². The smallest absolute Gasteiger partial charge is 0.295 e. The Labute approximate surface area is 117 Å². The average Bonchev–Trinajstić information content (AvgIpc) is 2.38. The number of hydrogen-bond donors (Lipinski definition) is 2. The lowest BCUT2D eigenvalue weighted by Crippen LogP contribution is -2.09. The number of anilines is 1. The number of benzene rings is 2. The number of hydrogen-bond acceptors (Lipinski definition) is 3. The van der Waals surface area contributed by atoms with E-state index in [9.17, 15) is 17.8 Å². The molecule has 0 spiro atoms. The maximum absolute atomic E-state index is 11.5. The number of carbonyl (C=O) groups excluding carboxylic acids is 1. The molecule has 0 unspecified atom stereocenters. The molecule has 0 heterocycles. The minimum Gasteiger partial charge on any atom is -0.326 e. The van der Waals surface area contributed by atoms with Gasteiger partial charge in [0.25, 0.3) is 10.1 Å². The van der Waals surface area contributed by atoms with E-state index < -0.39 is 10.1 Å². The summed E-state index contributed by atoms with van der Waals surface area (Å²) in [5.41, 5.74) is 1.19. The predicted octanol–water partition coefficient (Wildman–Crippen LogP) is 2.56. The Hall–Kier alpha value is -2.18. The second-order valence-corrected chi connectivity index (χ2v) is 5.59. The van der Waals surface area contributed by atoms with Crippen LogP contribution in [0.5, 0.6) is 0 Å². The molecule has 0 saturated carbocycles. The van der Waals surface area contributed by atoms with Gasteiger partial charge in [0.15, 0.2) is 0 Å². The Kier molecular flexibility index (Phi) is 3.87. The van der Waals surface area contributed by atoms with Crippen molar-refractivity contribution in [1.29, 1.82) is 0 Å². The van der Waals surface area contributed by atoms with Crippen molar-refractivity contribution in [2.45, 2.75) is 11.8 Å². The fourth-order valence-corrected chi connectivity index (χ4v) is 2.68. The Balaban J connectivity index is 2.75. The van der Waals surface area contributed by atoms with E-state index in [1.807, 2.05) is 0 Å². The second-order valence-electron chi connectivity index (χ2n) is 4.20. The summed E-state index contributed by atoms with van der Waals surface area (Å²) < 4.78 is 32.4. The van der Waals surface area contributed by atoms with Crippen LogP contribution in [-0.2, 0) is 14.9 Å². The van der Waals surface area contributed by atoms with Crippen molar-refractivity contribution in [3.63, 3.8) is 0 Å². The van der Waals surface area contributed by atoms with E-state index in [0.29, 0.717) is 11.3 Å². The first kappa shape index (κ1) is 14.2. The summed E-state index contributed by atoms with van der Waals surface area (Å²) in [5.74, 6) is -0.324. The van der Waals surface area contributed by atoms with Crippen molar-refractivity contribution in [3.05, 3.63) is 48.5 Å². The van der Waals surface area contributed by atoms with E-state index in [1.165, 1.54) is 19.1 Å². The summed E-state index contributed by atoms with van der Waals surface area (Å²) in [7, 11) is -4.39. The van der Waals surface area contributed by atoms with Gasteiger partial charge in [0.05, 0.1) is 0 Å². The van der Waals surface area contributed by atoms with Gasteiger partial charge in [0.2, 0.25) is 5.91 Å². The van der Waals surface area contributed by atoms with Gasteiger partial charge in [0.1, 0.15) is 4.90 Å². The monoisotopic (exact) mass is 291 g/mol. The standard InChI is InChI=1S/C14H13NO4S/c1-10(16)15-12-8-5-9-13(20(17,18)19)14(12)11-6-3-2-4-7-11/h2-9H,1H3,(H,15,16)(H,17,18,19). The molecule has 0 saturated heterocycles. The lowest BCUT2D eigenvalue weighted by molar-refractivity contribution is -0.114. The van der Waals surface area contributed by atoms with Gasteiger partial charge in [-0.15, -0.1) is 0 Å². The predicted molar refractivity (Wildman–Crippen MR) is 76.0 cm³/mol. The molecule has 0 radical (unpaired) electrons. The van der Waals surface area contributed by atoms with Gasteiger partial charge >= 0.3 is 0 Å². The topological polar surface area (TPSA) is 83.5 Å². The summed E-state index contributed by atoms with van der Waals surface area (Å²) >= 11 is 0. The van der Waals surface area contributed by atoms with E-state index in [4.69, 9.17) is 0 Å². The average molecular weight is 291 g/mol. The molecule has 0 atom stereocenters. The number of nitrogens with one attached hydrogen (secondary N) is 1. The Bertz CT molecular complexity index is 739. The quantitative estimate of drug-likeness (QED) is 0.851. The molecule has 5 nitrogen and oxygen atoms in total. The largest absolute Gasteiger partial charge is 0.326 e. The van der Waals surface area contributed by atoms with E-state index in [1.54, 1.807) is 36.4 Å². The molecule has 104 valence electrons. The maximum atomic E-state index is 11.5. The zero-order valence-electron chi connectivity index (χ0n) is 10.7. The Morgan fingerprint density at radius 2 is 1.70 bits per heavy atom. The molecule has 0 aliphatic heterocycles. The lowest BCUT2D eigenvalue weighted by atomic mass is 10.0. The van der Waals surface area contributed by atoms with Gasteiger partial charge < -0.3 is 5.32 Å². The minimum absolute atomic E-state index is 0.241. The van der Waals surface area contributed by atoms with Crippen LogP contribution in [0.1, 0.15) is 6.92 Å². The Morgan fingerprint density at radius 1 is 1.05 bits per heavy atom. The van der Waals surface area contributed by atoms with Crippen LogP contribution in [0.15, 0.2) is 53.4 Å². The fraction of sp³-hybridized carbons (Fsp3) is 0.0714. The molecule has 2 aromatic rings. The van der Waals surface area contributed by atoms with Crippen molar-refractivity contribution < 1.29 is 17.8 Å². The van der Waals surface area contributed by atoms with Gasteiger partial charge in [-0.05, 0) is 17.7 Å². The normalized spacial score (nSPS) is 11.1. The highest BCUT2D eigenvalue weighted by Crippen LogP contribution is 2.34. The van der Waals surface area contributed by atoms with Crippen LogP contribution in [0.4, 0.5) is 5.69 Å². The molecule has 0 aromatic heterocycles. The fourth-order valence-electron chi connectivity index (χ4n) is 1.94. The van der Waals surface area contributed by atoms with Gasteiger partial charge in [-0.1, -0.05) is 36.4 Å². The molecule has 0 aliphatic carbocycles. The summed E-state index contributed by atoms with van der Waals surface area (Å²) in [4.78, 5) is 11.0. The molecule has 2 N–H and O–H groups in total. The third-order valence-corrected chi connectivity index (χ3v) is 3.57. The zero-order chi connectivity index (χ0) is 14.8. The second kappa shape index (κ2) is 5.44. The molecular weight excluding hydrogens is 278 g/mol. The van der Waals surface area contributed by atoms with Crippen LogP contribution in [0.2, 0.25) is 0 Å². The van der Waals surface area contributed by atoms with Crippen LogP contribution >= 0.6 is 0 Å². The van der Waals surface area contributed by atoms with Crippen LogP contribution < -0.4 is 5.32 Å². The highest BCUT2D eigenvalue weighted by molar-refractivity contribution is 7.86. The Morgan fingerprint density at radius 3 is 2.25 bits per heavy atom. The van der Waals surface area contributed by atoms with E-state index in [2.05, 4.69) is 5.32 Å². The third-order valence-electron chi connectivity index (χ3n) is 2.68. The van der Waals surface area contributed by atoms with Crippen LogP contribution in [0.3, 0.4) is 0 Å². The SMILES string of the molecule is CC(=O)Nc1cccc(S(=O)(=O)O)c1-c1ccccc1.